The van der Waals surface area contributed by atoms with Gasteiger partial charge >= 0.3 is 0 Å². The van der Waals surface area contributed by atoms with Crippen molar-refractivity contribution in [3.8, 4) is 0 Å². The van der Waals surface area contributed by atoms with Gasteiger partial charge in [0.2, 0.25) is 5.78 Å². The van der Waals surface area contributed by atoms with E-state index in [2.05, 4.69) is 0 Å². The van der Waals surface area contributed by atoms with Gasteiger partial charge in [0.25, 0.3) is 12.3 Å². The summed E-state index contributed by atoms with van der Waals surface area (Å²) in [6.45, 7) is -0.480. The third-order valence-corrected chi connectivity index (χ3v) is 1.49. The number of amides is 1. The smallest absolute Gasteiger partial charge is 0.290 e. The molecule has 5 heteroatoms. The molecule has 1 rings (SSSR count). The minimum absolute atomic E-state index is 0.0750. The quantitative estimate of drug-likeness (QED) is 0.539. The van der Waals surface area contributed by atoms with Crippen molar-refractivity contribution in [3.63, 3.8) is 0 Å². The van der Waals surface area contributed by atoms with E-state index >= 15 is 0 Å². The molecule has 1 aliphatic heterocycles. The van der Waals surface area contributed by atoms with Gasteiger partial charge in [0.1, 0.15) is 0 Å². The third kappa shape index (κ3) is 1.72. The van der Waals surface area contributed by atoms with Crippen LogP contribution in [0.5, 0.6) is 0 Å². The van der Waals surface area contributed by atoms with Crippen molar-refractivity contribution in [2.45, 2.75) is 12.8 Å². The molecule has 62 valence electrons. The lowest BCUT2D eigenvalue weighted by atomic mass is 10.3. The fourth-order valence-corrected chi connectivity index (χ4v) is 0.962. The molecule has 0 saturated carbocycles. The van der Waals surface area contributed by atoms with E-state index in [0.717, 1.165) is 4.90 Å². The van der Waals surface area contributed by atoms with Gasteiger partial charge in [-0.2, -0.15) is 0 Å². The highest BCUT2D eigenvalue weighted by atomic mass is 19.3. The molecular formula is C6H7F2NO2. The Morgan fingerprint density at radius 2 is 2.09 bits per heavy atom. The minimum atomic E-state index is -2.55. The van der Waals surface area contributed by atoms with E-state index in [0.29, 0.717) is 0 Å². The summed E-state index contributed by atoms with van der Waals surface area (Å²) in [6.07, 6.45) is -2.48. The molecule has 1 aliphatic rings. The number of hydrogen-bond donors (Lipinski definition) is 0. The zero-order valence-electron chi connectivity index (χ0n) is 5.72. The maximum Gasteiger partial charge on any atom is 0.290 e. The van der Waals surface area contributed by atoms with Gasteiger partial charge in [-0.25, -0.2) is 8.78 Å². The predicted molar refractivity (Wildman–Crippen MR) is 32.2 cm³/mol. The number of halogens is 2. The van der Waals surface area contributed by atoms with Gasteiger partial charge in [-0.1, -0.05) is 0 Å². The van der Waals surface area contributed by atoms with E-state index in [4.69, 9.17) is 0 Å². The number of Topliss-reactive ketones (excluding diaryl/α,β-unsaturated/α-hetero) is 1. The Bertz CT molecular complexity index is 193. The number of hydrogen-bond acceptors (Lipinski definition) is 2. The van der Waals surface area contributed by atoms with Crippen LogP contribution in [0, 0.1) is 0 Å². The first-order valence-electron chi connectivity index (χ1n) is 3.21. The van der Waals surface area contributed by atoms with Crippen LogP contribution < -0.4 is 0 Å². The summed E-state index contributed by atoms with van der Waals surface area (Å²) in [4.78, 5) is 22.1. The topological polar surface area (TPSA) is 37.4 Å². The Hall–Kier alpha value is -1.00. The molecule has 0 spiro atoms. The van der Waals surface area contributed by atoms with Crippen LogP contribution in [-0.4, -0.2) is 36.1 Å². The Kier molecular flexibility index (Phi) is 2.16. The van der Waals surface area contributed by atoms with Gasteiger partial charge in [0.05, 0.1) is 6.54 Å². The maximum atomic E-state index is 11.7. The summed E-state index contributed by atoms with van der Waals surface area (Å²) >= 11 is 0. The van der Waals surface area contributed by atoms with Crippen molar-refractivity contribution in [1.29, 1.82) is 0 Å². The molecule has 1 amide bonds. The first-order valence-corrected chi connectivity index (χ1v) is 3.21. The van der Waals surface area contributed by atoms with Crippen LogP contribution in [0.4, 0.5) is 8.78 Å². The first-order chi connectivity index (χ1) is 5.11. The maximum absolute atomic E-state index is 11.7. The van der Waals surface area contributed by atoms with Crippen molar-refractivity contribution in [1.82, 2.24) is 4.90 Å². The van der Waals surface area contributed by atoms with Gasteiger partial charge in [0, 0.05) is 13.0 Å². The largest absolute Gasteiger partial charge is 0.330 e. The Balaban J connectivity index is 2.49. The number of alkyl halides is 2. The molecule has 0 aliphatic carbocycles. The van der Waals surface area contributed by atoms with Crippen LogP contribution in [0.3, 0.4) is 0 Å². The molecule has 3 nitrogen and oxygen atoms in total. The lowest BCUT2D eigenvalue weighted by Gasteiger charge is -2.12. The zero-order valence-corrected chi connectivity index (χ0v) is 5.72. The summed E-state index contributed by atoms with van der Waals surface area (Å²) < 4.78 is 23.4. The Morgan fingerprint density at radius 3 is 2.45 bits per heavy atom. The second kappa shape index (κ2) is 2.94. The number of carbonyl (C=O) groups is 2. The molecule has 0 atom stereocenters. The fraction of sp³-hybridized carbons (Fsp3) is 0.667. The molecule has 1 saturated heterocycles. The molecule has 0 radical (unpaired) electrons. The van der Waals surface area contributed by atoms with E-state index in [-0.39, 0.29) is 13.0 Å². The second-order valence-corrected chi connectivity index (χ2v) is 2.32. The van der Waals surface area contributed by atoms with E-state index in [1.54, 1.807) is 0 Å². The van der Waals surface area contributed by atoms with Crippen LogP contribution >= 0.6 is 0 Å². The summed E-state index contributed by atoms with van der Waals surface area (Å²) in [5.74, 6) is -1.34. The highest BCUT2D eigenvalue weighted by molar-refractivity contribution is 6.37. The van der Waals surface area contributed by atoms with Crippen molar-refractivity contribution < 1.29 is 18.4 Å². The summed E-state index contributed by atoms with van der Waals surface area (Å²) in [7, 11) is 0. The Morgan fingerprint density at radius 1 is 1.45 bits per heavy atom. The molecule has 0 aromatic rings. The number of rotatable bonds is 2. The standard InChI is InChI=1S/C6H7F2NO2/c7-5(8)3-9-2-1-4(10)6(9)11/h5H,1-3H2. The highest BCUT2D eigenvalue weighted by Gasteiger charge is 2.30. The number of likely N-dealkylation sites (tertiary alicyclic amines) is 1. The van der Waals surface area contributed by atoms with Crippen LogP contribution in [0.15, 0.2) is 0 Å². The van der Waals surface area contributed by atoms with Crippen molar-refractivity contribution in [2.75, 3.05) is 13.1 Å². The summed E-state index contributed by atoms with van der Waals surface area (Å²) in [5, 5.41) is 0. The Labute approximate surface area is 62.0 Å². The number of carbonyl (C=O) groups excluding carboxylic acids is 2. The van der Waals surface area contributed by atoms with Gasteiger partial charge < -0.3 is 4.90 Å². The predicted octanol–water partition coefficient (Wildman–Crippen LogP) is 0.0529. The lowest BCUT2D eigenvalue weighted by molar-refractivity contribution is -0.140. The first kappa shape index (κ1) is 8.10. The van der Waals surface area contributed by atoms with Crippen LogP contribution in [0.2, 0.25) is 0 Å². The average Bonchev–Trinajstić information content (AvgIpc) is 2.18. The van der Waals surface area contributed by atoms with E-state index in [9.17, 15) is 18.4 Å². The third-order valence-electron chi connectivity index (χ3n) is 1.49. The molecular weight excluding hydrogens is 156 g/mol. The van der Waals surface area contributed by atoms with Gasteiger partial charge in [-0.15, -0.1) is 0 Å². The van der Waals surface area contributed by atoms with Crippen molar-refractivity contribution in [2.24, 2.45) is 0 Å². The summed E-state index contributed by atoms with van der Waals surface area (Å²) in [5.41, 5.74) is 0. The monoisotopic (exact) mass is 163 g/mol. The lowest BCUT2D eigenvalue weighted by Crippen LogP contribution is -2.31. The fourth-order valence-electron chi connectivity index (χ4n) is 0.962. The molecule has 0 N–H and O–H groups in total. The normalized spacial score (nSPS) is 18.6. The zero-order chi connectivity index (χ0) is 8.43. The van der Waals surface area contributed by atoms with Crippen molar-refractivity contribution >= 4 is 11.7 Å². The number of nitrogens with zero attached hydrogens (tertiary/aromatic N) is 1. The van der Waals surface area contributed by atoms with Crippen LogP contribution in [0.25, 0.3) is 0 Å². The van der Waals surface area contributed by atoms with Gasteiger partial charge in [0.15, 0.2) is 0 Å². The van der Waals surface area contributed by atoms with Crippen LogP contribution in [0.1, 0.15) is 6.42 Å². The molecule has 1 heterocycles. The molecule has 0 aromatic heterocycles. The van der Waals surface area contributed by atoms with E-state index < -0.39 is 24.7 Å². The highest BCUT2D eigenvalue weighted by Crippen LogP contribution is 2.08. The average molecular weight is 163 g/mol. The van der Waals surface area contributed by atoms with E-state index in [1.165, 1.54) is 0 Å². The van der Waals surface area contributed by atoms with Gasteiger partial charge in [-0.05, 0) is 0 Å². The van der Waals surface area contributed by atoms with Crippen LogP contribution in [-0.2, 0) is 9.59 Å². The van der Waals surface area contributed by atoms with Gasteiger partial charge in [-0.3, -0.25) is 9.59 Å². The molecule has 0 aromatic carbocycles. The minimum Gasteiger partial charge on any atom is -0.330 e. The molecule has 1 fully saturated rings. The molecule has 0 bridgehead atoms. The SMILES string of the molecule is O=C1CCN(CC(F)F)C1=O. The van der Waals surface area contributed by atoms with Crippen molar-refractivity contribution in [3.05, 3.63) is 0 Å². The summed E-state index contributed by atoms with van der Waals surface area (Å²) in [6, 6.07) is 0. The van der Waals surface area contributed by atoms with E-state index in [1.807, 2.05) is 0 Å². The molecule has 0 unspecified atom stereocenters. The molecule has 11 heavy (non-hydrogen) atoms. The number of ketones is 1. The second-order valence-electron chi connectivity index (χ2n) is 2.32.